The largest absolute Gasteiger partial charge is 0.432 e. The minimum absolute atomic E-state index is 0.117. The van der Waals surface area contributed by atoms with Crippen molar-refractivity contribution in [1.29, 1.82) is 0 Å². The molecule has 0 fully saturated rings. The van der Waals surface area contributed by atoms with Crippen LogP contribution in [0.4, 0.5) is 22.0 Å². The molecule has 0 spiro atoms. The van der Waals surface area contributed by atoms with Crippen LogP contribution in [0, 0.1) is 11.6 Å². The summed E-state index contributed by atoms with van der Waals surface area (Å²) in [5, 5.41) is 0.306. The molecule has 0 radical (unpaired) electrons. The molecule has 0 bridgehead atoms. The third-order valence-electron chi connectivity index (χ3n) is 4.53. The highest BCUT2D eigenvalue weighted by Gasteiger charge is 2.41. The van der Waals surface area contributed by atoms with Crippen LogP contribution in [0.25, 0.3) is 11.1 Å². The molecule has 158 valence electrons. The first-order valence-electron chi connectivity index (χ1n) is 9.27. The van der Waals surface area contributed by atoms with Gasteiger partial charge >= 0.3 is 6.11 Å². The molecule has 0 atom stereocenters. The summed E-state index contributed by atoms with van der Waals surface area (Å²) in [5.41, 5.74) is 0.0681. The molecule has 7 heteroatoms. The standard InChI is InChI=1S/C23H18ClF5O/c24-18-8-10-19(11-9-18)30-23(28,29)22-20(26)13-17(14-21(22)27)16-6-4-15(5-7-16)3-1-2-12-25/h4-11,13-14H,1-3,12H2. The van der Waals surface area contributed by atoms with Crippen LogP contribution in [0.15, 0.2) is 60.7 Å². The molecular formula is C23H18ClF5O. The number of unbranched alkanes of at least 4 members (excludes halogenated alkanes) is 1. The van der Waals surface area contributed by atoms with Crippen LogP contribution in [-0.2, 0) is 12.5 Å². The van der Waals surface area contributed by atoms with Gasteiger partial charge in [-0.2, -0.15) is 8.78 Å². The van der Waals surface area contributed by atoms with E-state index in [1.807, 2.05) is 0 Å². The molecule has 30 heavy (non-hydrogen) atoms. The fraction of sp³-hybridized carbons (Fsp3) is 0.217. The minimum atomic E-state index is -4.22. The molecule has 0 saturated heterocycles. The average molecular weight is 441 g/mol. The van der Waals surface area contributed by atoms with Gasteiger partial charge in [0.25, 0.3) is 0 Å². The smallest absolute Gasteiger partial charge is 0.429 e. The zero-order valence-electron chi connectivity index (χ0n) is 15.8. The summed E-state index contributed by atoms with van der Waals surface area (Å²) < 4.78 is 74.5. The van der Waals surface area contributed by atoms with Crippen LogP contribution in [0.2, 0.25) is 5.02 Å². The normalized spacial score (nSPS) is 11.5. The molecule has 3 aromatic rings. The van der Waals surface area contributed by atoms with Gasteiger partial charge in [-0.1, -0.05) is 35.9 Å². The highest BCUT2D eigenvalue weighted by molar-refractivity contribution is 6.30. The van der Waals surface area contributed by atoms with Crippen LogP contribution in [-0.4, -0.2) is 6.67 Å². The number of ether oxygens (including phenoxy) is 1. The van der Waals surface area contributed by atoms with Gasteiger partial charge in [-0.3, -0.25) is 4.39 Å². The highest BCUT2D eigenvalue weighted by Crippen LogP contribution is 2.37. The molecule has 0 N–H and O–H groups in total. The Morgan fingerprint density at radius 3 is 1.97 bits per heavy atom. The Labute approximate surface area is 176 Å². The van der Waals surface area contributed by atoms with Crippen molar-refractivity contribution in [3.05, 3.63) is 88.4 Å². The van der Waals surface area contributed by atoms with E-state index in [4.69, 9.17) is 11.6 Å². The maximum Gasteiger partial charge on any atom is 0.432 e. The van der Waals surface area contributed by atoms with E-state index in [9.17, 15) is 22.0 Å². The van der Waals surface area contributed by atoms with Gasteiger partial charge < -0.3 is 4.74 Å². The van der Waals surface area contributed by atoms with Crippen molar-refractivity contribution in [3.63, 3.8) is 0 Å². The topological polar surface area (TPSA) is 9.23 Å². The molecular weight excluding hydrogens is 423 g/mol. The summed E-state index contributed by atoms with van der Waals surface area (Å²) in [6, 6.07) is 13.5. The highest BCUT2D eigenvalue weighted by atomic mass is 35.5. The fourth-order valence-corrected chi connectivity index (χ4v) is 3.13. The van der Waals surface area contributed by atoms with Crippen molar-refractivity contribution < 1.29 is 26.7 Å². The maximum absolute atomic E-state index is 14.5. The Kier molecular flexibility index (Phi) is 6.98. The number of rotatable bonds is 8. The van der Waals surface area contributed by atoms with Crippen LogP contribution in [0.3, 0.4) is 0 Å². The lowest BCUT2D eigenvalue weighted by molar-refractivity contribution is -0.189. The molecule has 0 aromatic heterocycles. The fourth-order valence-electron chi connectivity index (χ4n) is 3.01. The number of hydrogen-bond acceptors (Lipinski definition) is 1. The van der Waals surface area contributed by atoms with Gasteiger partial charge in [0.2, 0.25) is 0 Å². The Morgan fingerprint density at radius 2 is 1.40 bits per heavy atom. The summed E-state index contributed by atoms with van der Waals surface area (Å²) in [6.07, 6.45) is -2.39. The lowest BCUT2D eigenvalue weighted by atomic mass is 9.99. The van der Waals surface area contributed by atoms with Crippen molar-refractivity contribution in [3.8, 4) is 16.9 Å². The third-order valence-corrected chi connectivity index (χ3v) is 4.78. The first-order chi connectivity index (χ1) is 14.3. The monoisotopic (exact) mass is 440 g/mol. The molecule has 0 aliphatic rings. The second kappa shape index (κ2) is 9.47. The Bertz CT molecular complexity index is 964. The third kappa shape index (κ3) is 5.30. The molecule has 0 heterocycles. The first kappa shape index (κ1) is 22.1. The van der Waals surface area contributed by atoms with E-state index in [2.05, 4.69) is 4.74 Å². The maximum atomic E-state index is 14.5. The van der Waals surface area contributed by atoms with Crippen molar-refractivity contribution in [2.75, 3.05) is 6.67 Å². The van der Waals surface area contributed by atoms with Crippen molar-refractivity contribution >= 4 is 11.6 Å². The molecule has 0 unspecified atom stereocenters. The summed E-state index contributed by atoms with van der Waals surface area (Å²) >= 11 is 5.69. The molecule has 3 aromatic carbocycles. The van der Waals surface area contributed by atoms with Gasteiger partial charge in [-0.05, 0) is 72.4 Å². The van der Waals surface area contributed by atoms with Gasteiger partial charge in [-0.25, -0.2) is 8.78 Å². The van der Waals surface area contributed by atoms with Gasteiger partial charge in [0, 0.05) is 5.02 Å². The average Bonchev–Trinajstić information content (AvgIpc) is 2.69. The summed E-state index contributed by atoms with van der Waals surface area (Å²) in [7, 11) is 0. The number of halogens is 6. The quantitative estimate of drug-likeness (QED) is 0.257. The Hall–Kier alpha value is -2.60. The number of alkyl halides is 3. The van der Waals surface area contributed by atoms with E-state index in [0.717, 1.165) is 17.7 Å². The Morgan fingerprint density at radius 1 is 0.800 bits per heavy atom. The number of hydrogen-bond donors (Lipinski definition) is 0. The van der Waals surface area contributed by atoms with Gasteiger partial charge in [-0.15, -0.1) is 0 Å². The first-order valence-corrected chi connectivity index (χ1v) is 9.65. The van der Waals surface area contributed by atoms with Crippen molar-refractivity contribution in [2.45, 2.75) is 25.4 Å². The molecule has 0 amide bonds. The predicted molar refractivity (Wildman–Crippen MR) is 107 cm³/mol. The van der Waals surface area contributed by atoms with Gasteiger partial charge in [0.15, 0.2) is 0 Å². The molecule has 0 aliphatic carbocycles. The van der Waals surface area contributed by atoms with E-state index in [1.165, 1.54) is 24.3 Å². The van der Waals surface area contributed by atoms with Crippen molar-refractivity contribution in [2.24, 2.45) is 0 Å². The second-order valence-electron chi connectivity index (χ2n) is 6.73. The van der Waals surface area contributed by atoms with E-state index in [0.29, 0.717) is 29.8 Å². The summed E-state index contributed by atoms with van der Waals surface area (Å²) in [5.74, 6) is -3.12. The minimum Gasteiger partial charge on any atom is -0.429 e. The predicted octanol–water partition coefficient (Wildman–Crippen LogP) is 7.71. The molecule has 1 nitrogen and oxygen atoms in total. The van der Waals surface area contributed by atoms with E-state index in [1.54, 1.807) is 24.3 Å². The van der Waals surface area contributed by atoms with Crippen LogP contribution in [0.1, 0.15) is 24.0 Å². The van der Waals surface area contributed by atoms with Crippen LogP contribution >= 0.6 is 11.6 Å². The van der Waals surface area contributed by atoms with Crippen molar-refractivity contribution in [1.82, 2.24) is 0 Å². The SMILES string of the molecule is FCCCCc1ccc(-c2cc(F)c(C(F)(F)Oc3ccc(Cl)cc3)c(F)c2)cc1. The lowest BCUT2D eigenvalue weighted by Gasteiger charge is -2.20. The van der Waals surface area contributed by atoms with Crippen LogP contribution < -0.4 is 4.74 Å². The number of benzene rings is 3. The second-order valence-corrected chi connectivity index (χ2v) is 7.17. The van der Waals surface area contributed by atoms with Gasteiger partial charge in [0.1, 0.15) is 22.9 Å². The van der Waals surface area contributed by atoms with Crippen LogP contribution in [0.5, 0.6) is 5.75 Å². The molecule has 0 saturated carbocycles. The van der Waals surface area contributed by atoms with Gasteiger partial charge in [0.05, 0.1) is 6.67 Å². The van der Waals surface area contributed by atoms with E-state index >= 15 is 0 Å². The summed E-state index contributed by atoms with van der Waals surface area (Å²) in [6.45, 7) is -0.380. The lowest BCUT2D eigenvalue weighted by Crippen LogP contribution is -2.25. The zero-order valence-corrected chi connectivity index (χ0v) is 16.5. The zero-order chi connectivity index (χ0) is 21.7. The molecule has 0 aliphatic heterocycles. The number of aryl methyl sites for hydroxylation is 1. The van der Waals surface area contributed by atoms with E-state index in [-0.39, 0.29) is 18.0 Å². The summed E-state index contributed by atoms with van der Waals surface area (Å²) in [4.78, 5) is 0. The Balaban J connectivity index is 1.83. The molecule has 3 rings (SSSR count). The van der Waals surface area contributed by atoms with E-state index < -0.39 is 23.3 Å².